The summed E-state index contributed by atoms with van der Waals surface area (Å²) in [5, 5.41) is 0.444. The molecule has 96 valence electrons. The molecular formula is C14H14Cl2OS. The van der Waals surface area contributed by atoms with Gasteiger partial charge in [0, 0.05) is 20.3 Å². The normalized spacial score (nSPS) is 12.5. The lowest BCUT2D eigenvalue weighted by Gasteiger charge is -2.14. The lowest BCUT2D eigenvalue weighted by molar-refractivity contribution is 0.410. The first-order valence-electron chi connectivity index (χ1n) is 5.57. The Bertz CT molecular complexity index is 563. The van der Waals surface area contributed by atoms with Gasteiger partial charge in [-0.15, -0.1) is 22.9 Å². The van der Waals surface area contributed by atoms with Crippen LogP contribution < -0.4 is 4.74 Å². The van der Waals surface area contributed by atoms with E-state index in [9.17, 15) is 0 Å². The van der Waals surface area contributed by atoms with E-state index in [2.05, 4.69) is 19.9 Å². The Morgan fingerprint density at radius 3 is 2.50 bits per heavy atom. The number of rotatable bonds is 3. The fraction of sp³-hybridized carbons (Fsp3) is 0.286. The van der Waals surface area contributed by atoms with Crippen LogP contribution in [0, 0.1) is 13.8 Å². The summed E-state index contributed by atoms with van der Waals surface area (Å²) >= 11 is 14.3. The van der Waals surface area contributed by atoms with E-state index < -0.39 is 0 Å². The Hall–Kier alpha value is -0.700. The van der Waals surface area contributed by atoms with Crippen molar-refractivity contribution in [1.29, 1.82) is 0 Å². The molecule has 0 spiro atoms. The van der Waals surface area contributed by atoms with E-state index in [1.165, 1.54) is 10.4 Å². The molecule has 0 bridgehead atoms. The SMILES string of the molecule is COc1ccc(Cl)cc1C(Cl)c1sc(C)cc1C. The number of methoxy groups -OCH3 is 1. The van der Waals surface area contributed by atoms with Crippen LogP contribution in [0.4, 0.5) is 0 Å². The minimum absolute atomic E-state index is 0.225. The number of ether oxygens (including phenoxy) is 1. The first-order chi connectivity index (χ1) is 8.52. The predicted octanol–water partition coefficient (Wildman–Crippen LogP) is 5.36. The summed E-state index contributed by atoms with van der Waals surface area (Å²) in [4.78, 5) is 2.41. The number of alkyl halides is 1. The molecule has 1 unspecified atom stereocenters. The van der Waals surface area contributed by atoms with Crippen LogP contribution in [0.3, 0.4) is 0 Å². The van der Waals surface area contributed by atoms with Crippen molar-refractivity contribution >= 4 is 34.5 Å². The summed E-state index contributed by atoms with van der Waals surface area (Å²) < 4.78 is 5.35. The minimum Gasteiger partial charge on any atom is -0.496 e. The average Bonchev–Trinajstić information content (AvgIpc) is 2.67. The van der Waals surface area contributed by atoms with Gasteiger partial charge in [-0.25, -0.2) is 0 Å². The third-order valence-electron chi connectivity index (χ3n) is 2.77. The number of aryl methyl sites for hydroxylation is 2. The van der Waals surface area contributed by atoms with E-state index in [4.69, 9.17) is 27.9 Å². The number of halogens is 2. The molecule has 2 rings (SSSR count). The zero-order valence-electron chi connectivity index (χ0n) is 10.5. The number of benzene rings is 1. The minimum atomic E-state index is -0.225. The fourth-order valence-corrected chi connectivity index (χ4v) is 3.65. The lowest BCUT2D eigenvalue weighted by Crippen LogP contribution is -1.97. The molecule has 0 aliphatic heterocycles. The van der Waals surface area contributed by atoms with Crippen molar-refractivity contribution in [3.05, 3.63) is 50.2 Å². The van der Waals surface area contributed by atoms with Gasteiger partial charge in [0.15, 0.2) is 0 Å². The van der Waals surface area contributed by atoms with Crippen molar-refractivity contribution < 1.29 is 4.74 Å². The first-order valence-corrected chi connectivity index (χ1v) is 7.20. The quantitative estimate of drug-likeness (QED) is 0.694. The maximum Gasteiger partial charge on any atom is 0.124 e. The van der Waals surface area contributed by atoms with Gasteiger partial charge in [0.05, 0.1) is 12.5 Å². The highest BCUT2D eigenvalue weighted by atomic mass is 35.5. The third kappa shape index (κ3) is 2.66. The zero-order chi connectivity index (χ0) is 13.3. The predicted molar refractivity (Wildman–Crippen MR) is 79.5 cm³/mol. The van der Waals surface area contributed by atoms with Crippen LogP contribution in [0.1, 0.15) is 26.3 Å². The van der Waals surface area contributed by atoms with E-state index in [0.717, 1.165) is 16.2 Å². The summed E-state index contributed by atoms with van der Waals surface area (Å²) in [5.74, 6) is 0.768. The van der Waals surface area contributed by atoms with Crippen molar-refractivity contribution in [2.24, 2.45) is 0 Å². The molecule has 1 nitrogen and oxygen atoms in total. The molecule has 18 heavy (non-hydrogen) atoms. The maximum atomic E-state index is 6.58. The van der Waals surface area contributed by atoms with Gasteiger partial charge in [-0.3, -0.25) is 0 Å². The Morgan fingerprint density at radius 1 is 1.22 bits per heavy atom. The van der Waals surface area contributed by atoms with Gasteiger partial charge in [-0.1, -0.05) is 11.6 Å². The summed E-state index contributed by atoms with van der Waals surface area (Å²) in [6.07, 6.45) is 0. The van der Waals surface area contributed by atoms with Gasteiger partial charge in [0.2, 0.25) is 0 Å². The second-order valence-electron chi connectivity index (χ2n) is 4.15. The molecule has 0 aliphatic carbocycles. The second-order valence-corrected chi connectivity index (χ2v) is 6.31. The van der Waals surface area contributed by atoms with Crippen LogP contribution in [-0.2, 0) is 0 Å². The van der Waals surface area contributed by atoms with Crippen LogP contribution >= 0.6 is 34.5 Å². The Balaban J connectivity index is 2.48. The number of thiophene rings is 1. The van der Waals surface area contributed by atoms with Crippen LogP contribution in [-0.4, -0.2) is 7.11 Å². The maximum absolute atomic E-state index is 6.58. The van der Waals surface area contributed by atoms with Gasteiger partial charge in [-0.05, 0) is 43.7 Å². The van der Waals surface area contributed by atoms with E-state index in [0.29, 0.717) is 5.02 Å². The zero-order valence-corrected chi connectivity index (χ0v) is 12.8. The molecule has 1 heterocycles. The lowest BCUT2D eigenvalue weighted by atomic mass is 10.1. The van der Waals surface area contributed by atoms with E-state index in [1.54, 1.807) is 24.5 Å². The van der Waals surface area contributed by atoms with E-state index in [1.807, 2.05) is 12.1 Å². The van der Waals surface area contributed by atoms with E-state index in [-0.39, 0.29) is 5.38 Å². The summed E-state index contributed by atoms with van der Waals surface area (Å²) in [7, 11) is 1.64. The van der Waals surface area contributed by atoms with Crippen LogP contribution in [0.2, 0.25) is 5.02 Å². The summed E-state index contributed by atoms with van der Waals surface area (Å²) in [6, 6.07) is 7.67. The standard InChI is InChI=1S/C14H14Cl2OS/c1-8-6-9(2)18-14(8)13(16)11-7-10(15)4-5-12(11)17-3/h4-7,13H,1-3H3. The van der Waals surface area contributed by atoms with Gasteiger partial charge in [0.1, 0.15) is 5.75 Å². The first kappa shape index (κ1) is 13.7. The highest BCUT2D eigenvalue weighted by Crippen LogP contribution is 2.41. The monoisotopic (exact) mass is 300 g/mol. The van der Waals surface area contributed by atoms with Crippen molar-refractivity contribution in [1.82, 2.24) is 0 Å². The van der Waals surface area contributed by atoms with Crippen molar-refractivity contribution in [3.8, 4) is 5.75 Å². The average molecular weight is 301 g/mol. The Kier molecular flexibility index (Phi) is 4.21. The molecule has 0 amide bonds. The Morgan fingerprint density at radius 2 is 1.94 bits per heavy atom. The molecule has 2 aromatic rings. The van der Waals surface area contributed by atoms with Crippen molar-refractivity contribution in [2.75, 3.05) is 7.11 Å². The highest BCUT2D eigenvalue weighted by molar-refractivity contribution is 7.12. The van der Waals surface area contributed by atoms with E-state index >= 15 is 0 Å². The molecule has 1 aromatic heterocycles. The highest BCUT2D eigenvalue weighted by Gasteiger charge is 2.19. The van der Waals surface area contributed by atoms with Crippen LogP contribution in [0.25, 0.3) is 0 Å². The van der Waals surface area contributed by atoms with Gasteiger partial charge >= 0.3 is 0 Å². The second kappa shape index (κ2) is 5.52. The van der Waals surface area contributed by atoms with Crippen molar-refractivity contribution in [3.63, 3.8) is 0 Å². The molecule has 4 heteroatoms. The molecule has 1 aromatic carbocycles. The van der Waals surface area contributed by atoms with Gasteiger partial charge in [0.25, 0.3) is 0 Å². The molecule has 0 saturated heterocycles. The van der Waals surface area contributed by atoms with Crippen LogP contribution in [0.15, 0.2) is 24.3 Å². The molecule has 0 radical (unpaired) electrons. The largest absolute Gasteiger partial charge is 0.496 e. The molecule has 0 fully saturated rings. The smallest absolute Gasteiger partial charge is 0.124 e. The number of hydrogen-bond donors (Lipinski definition) is 0. The number of hydrogen-bond acceptors (Lipinski definition) is 2. The Labute approximate surface area is 121 Å². The van der Waals surface area contributed by atoms with Crippen LogP contribution in [0.5, 0.6) is 5.75 Å². The van der Waals surface area contributed by atoms with Gasteiger partial charge < -0.3 is 4.74 Å². The summed E-state index contributed by atoms with van der Waals surface area (Å²) in [5.41, 5.74) is 2.12. The fourth-order valence-electron chi connectivity index (χ4n) is 1.96. The topological polar surface area (TPSA) is 9.23 Å². The molecule has 0 aliphatic rings. The molecular weight excluding hydrogens is 287 g/mol. The molecule has 0 saturated carbocycles. The summed E-state index contributed by atoms with van der Waals surface area (Å²) in [6.45, 7) is 4.16. The van der Waals surface area contributed by atoms with Crippen molar-refractivity contribution in [2.45, 2.75) is 19.2 Å². The molecule has 1 atom stereocenters. The third-order valence-corrected chi connectivity index (χ3v) is 4.81. The van der Waals surface area contributed by atoms with Gasteiger partial charge in [-0.2, -0.15) is 0 Å². The molecule has 0 N–H and O–H groups in total.